The Morgan fingerprint density at radius 3 is 2.78 bits per heavy atom. The van der Waals surface area contributed by atoms with E-state index in [-0.39, 0.29) is 0 Å². The molecule has 0 aliphatic rings. The molecule has 1 aromatic heterocycles. The minimum absolute atomic E-state index is 0.375. The smallest absolute Gasteiger partial charge is 0.142 e. The lowest BCUT2D eigenvalue weighted by Crippen LogP contribution is -2.04. The largest absolute Gasteiger partial charge is 0.485 e. The Morgan fingerprint density at radius 1 is 1.39 bits per heavy atom. The first kappa shape index (κ1) is 13.2. The monoisotopic (exact) mass is 284 g/mol. The van der Waals surface area contributed by atoms with E-state index in [1.807, 2.05) is 32.2 Å². The average molecular weight is 285 g/mol. The number of halogens is 2. The van der Waals surface area contributed by atoms with E-state index < -0.39 is 0 Å². The molecule has 0 aliphatic heterocycles. The summed E-state index contributed by atoms with van der Waals surface area (Å²) in [5, 5.41) is 4.84. The van der Waals surface area contributed by atoms with Crippen molar-refractivity contribution in [3.8, 4) is 5.75 Å². The summed E-state index contributed by atoms with van der Waals surface area (Å²) in [7, 11) is 1.89. The molecule has 0 N–H and O–H groups in total. The SMILES string of the molecule is Cc1cc(COc2c(Cl)cccc2CCl)n(C)n1. The van der Waals surface area contributed by atoms with E-state index in [1.165, 1.54) is 0 Å². The molecule has 1 heterocycles. The minimum atomic E-state index is 0.375. The van der Waals surface area contributed by atoms with Crippen LogP contribution in [0.1, 0.15) is 17.0 Å². The van der Waals surface area contributed by atoms with Gasteiger partial charge in [-0.1, -0.05) is 23.7 Å². The zero-order valence-corrected chi connectivity index (χ0v) is 11.8. The van der Waals surface area contributed by atoms with Crippen LogP contribution in [0.3, 0.4) is 0 Å². The molecular weight excluding hydrogens is 271 g/mol. The third-order valence-corrected chi connectivity index (χ3v) is 3.24. The molecule has 0 fully saturated rings. The van der Waals surface area contributed by atoms with Gasteiger partial charge in [0, 0.05) is 12.6 Å². The number of benzene rings is 1. The lowest BCUT2D eigenvalue weighted by molar-refractivity contribution is 0.293. The summed E-state index contributed by atoms with van der Waals surface area (Å²) in [6, 6.07) is 7.54. The quantitative estimate of drug-likeness (QED) is 0.801. The number of ether oxygens (including phenoxy) is 1. The maximum absolute atomic E-state index is 6.11. The van der Waals surface area contributed by atoms with Crippen LogP contribution in [0.15, 0.2) is 24.3 Å². The van der Waals surface area contributed by atoms with Gasteiger partial charge in [-0.25, -0.2) is 0 Å². The van der Waals surface area contributed by atoms with Gasteiger partial charge >= 0.3 is 0 Å². The zero-order chi connectivity index (χ0) is 13.1. The second kappa shape index (κ2) is 5.63. The van der Waals surface area contributed by atoms with E-state index in [0.29, 0.717) is 23.3 Å². The van der Waals surface area contributed by atoms with Gasteiger partial charge in [-0.3, -0.25) is 4.68 Å². The molecule has 96 valence electrons. The van der Waals surface area contributed by atoms with Gasteiger partial charge < -0.3 is 4.74 Å². The Morgan fingerprint density at radius 2 is 2.17 bits per heavy atom. The predicted molar refractivity (Wildman–Crippen MR) is 73.3 cm³/mol. The van der Waals surface area contributed by atoms with Gasteiger partial charge in [0.2, 0.25) is 0 Å². The lowest BCUT2D eigenvalue weighted by atomic mass is 10.2. The molecule has 0 saturated heterocycles. The van der Waals surface area contributed by atoms with Gasteiger partial charge in [-0.05, 0) is 19.1 Å². The van der Waals surface area contributed by atoms with Crippen LogP contribution in [0, 0.1) is 6.92 Å². The summed E-state index contributed by atoms with van der Waals surface area (Å²) in [6.45, 7) is 2.37. The Balaban J connectivity index is 2.17. The van der Waals surface area contributed by atoms with Crippen molar-refractivity contribution in [2.45, 2.75) is 19.4 Å². The van der Waals surface area contributed by atoms with Crippen molar-refractivity contribution in [3.05, 3.63) is 46.2 Å². The number of alkyl halides is 1. The van der Waals surface area contributed by atoms with Gasteiger partial charge in [0.1, 0.15) is 12.4 Å². The predicted octanol–water partition coefficient (Wildman–Crippen LogP) is 3.70. The first-order valence-electron chi connectivity index (χ1n) is 5.57. The first-order valence-corrected chi connectivity index (χ1v) is 6.48. The second-order valence-corrected chi connectivity index (χ2v) is 4.73. The number of nitrogens with zero attached hydrogens (tertiary/aromatic N) is 2. The molecule has 5 heteroatoms. The van der Waals surface area contributed by atoms with Crippen molar-refractivity contribution >= 4 is 23.2 Å². The summed E-state index contributed by atoms with van der Waals surface area (Å²) in [5.41, 5.74) is 2.85. The van der Waals surface area contributed by atoms with Gasteiger partial charge in [0.15, 0.2) is 0 Å². The van der Waals surface area contributed by atoms with Crippen LogP contribution in [-0.2, 0) is 19.5 Å². The molecule has 0 radical (unpaired) electrons. The van der Waals surface area contributed by atoms with E-state index in [0.717, 1.165) is 17.0 Å². The third-order valence-electron chi connectivity index (χ3n) is 2.66. The lowest BCUT2D eigenvalue weighted by Gasteiger charge is -2.11. The summed E-state index contributed by atoms with van der Waals surface area (Å²) < 4.78 is 7.56. The Hall–Kier alpha value is -1.19. The topological polar surface area (TPSA) is 27.1 Å². The van der Waals surface area contributed by atoms with E-state index >= 15 is 0 Å². The molecule has 0 amide bonds. The van der Waals surface area contributed by atoms with Crippen LogP contribution >= 0.6 is 23.2 Å². The Bertz CT molecular complexity index is 552. The molecule has 0 bridgehead atoms. The van der Waals surface area contributed by atoms with Gasteiger partial charge in [-0.15, -0.1) is 11.6 Å². The zero-order valence-electron chi connectivity index (χ0n) is 10.3. The highest BCUT2D eigenvalue weighted by Crippen LogP contribution is 2.30. The van der Waals surface area contributed by atoms with Crippen molar-refractivity contribution in [2.24, 2.45) is 7.05 Å². The number of aromatic nitrogens is 2. The molecule has 3 nitrogen and oxygen atoms in total. The summed E-state index contributed by atoms with van der Waals surface area (Å²) in [4.78, 5) is 0. The molecule has 18 heavy (non-hydrogen) atoms. The Kier molecular flexibility index (Phi) is 4.15. The maximum atomic E-state index is 6.11. The normalized spacial score (nSPS) is 10.7. The number of aryl methyl sites for hydroxylation is 2. The average Bonchev–Trinajstić information content (AvgIpc) is 2.66. The van der Waals surface area contributed by atoms with Crippen molar-refractivity contribution in [1.29, 1.82) is 0 Å². The van der Waals surface area contributed by atoms with Crippen LogP contribution in [0.5, 0.6) is 5.75 Å². The molecule has 0 spiro atoms. The molecular formula is C13H14Cl2N2O. The minimum Gasteiger partial charge on any atom is -0.485 e. The number of hydrogen-bond donors (Lipinski definition) is 0. The van der Waals surface area contributed by atoms with Crippen LogP contribution in [0.25, 0.3) is 0 Å². The molecule has 0 aliphatic carbocycles. The first-order chi connectivity index (χ1) is 8.61. The van der Waals surface area contributed by atoms with Crippen LogP contribution in [0.4, 0.5) is 0 Å². The molecule has 0 saturated carbocycles. The number of rotatable bonds is 4. The van der Waals surface area contributed by atoms with E-state index in [4.69, 9.17) is 27.9 Å². The van der Waals surface area contributed by atoms with Crippen molar-refractivity contribution < 1.29 is 4.74 Å². The van der Waals surface area contributed by atoms with Gasteiger partial charge in [-0.2, -0.15) is 5.10 Å². The molecule has 0 atom stereocenters. The summed E-state index contributed by atoms with van der Waals surface area (Å²) in [5.74, 6) is 1.02. The van der Waals surface area contributed by atoms with Gasteiger partial charge in [0.05, 0.1) is 22.3 Å². The highest BCUT2D eigenvalue weighted by Gasteiger charge is 2.09. The second-order valence-electron chi connectivity index (χ2n) is 4.05. The van der Waals surface area contributed by atoms with E-state index in [2.05, 4.69) is 5.10 Å². The fraction of sp³-hybridized carbons (Fsp3) is 0.308. The number of para-hydroxylation sites is 1. The van der Waals surface area contributed by atoms with E-state index in [9.17, 15) is 0 Å². The summed E-state index contributed by atoms with van der Waals surface area (Å²) in [6.07, 6.45) is 0. The van der Waals surface area contributed by atoms with Crippen molar-refractivity contribution in [3.63, 3.8) is 0 Å². The number of hydrogen-bond acceptors (Lipinski definition) is 2. The van der Waals surface area contributed by atoms with Crippen molar-refractivity contribution in [1.82, 2.24) is 9.78 Å². The van der Waals surface area contributed by atoms with Crippen LogP contribution in [-0.4, -0.2) is 9.78 Å². The molecule has 1 aromatic carbocycles. The molecule has 0 unspecified atom stereocenters. The molecule has 2 aromatic rings. The van der Waals surface area contributed by atoms with Crippen LogP contribution in [0.2, 0.25) is 5.02 Å². The fourth-order valence-corrected chi connectivity index (χ4v) is 2.22. The molecule has 2 rings (SSSR count). The fourth-order valence-electron chi connectivity index (χ4n) is 1.77. The highest BCUT2D eigenvalue weighted by molar-refractivity contribution is 6.32. The van der Waals surface area contributed by atoms with Crippen LogP contribution < -0.4 is 4.74 Å². The highest BCUT2D eigenvalue weighted by atomic mass is 35.5. The maximum Gasteiger partial charge on any atom is 0.142 e. The standard InChI is InChI=1S/C13H14Cl2N2O/c1-9-6-11(17(2)16-9)8-18-13-10(7-14)4-3-5-12(13)15/h3-6H,7-8H2,1-2H3. The summed E-state index contributed by atoms with van der Waals surface area (Å²) >= 11 is 12.0. The van der Waals surface area contributed by atoms with Gasteiger partial charge in [0.25, 0.3) is 0 Å². The van der Waals surface area contributed by atoms with E-state index in [1.54, 1.807) is 10.7 Å². The van der Waals surface area contributed by atoms with Crippen molar-refractivity contribution in [2.75, 3.05) is 0 Å². The third kappa shape index (κ3) is 2.79. The Labute approximate surface area is 116 Å².